The van der Waals surface area contributed by atoms with E-state index in [2.05, 4.69) is 4.99 Å². The smallest absolute Gasteiger partial charge is 0.231 e. The number of nitrogen functional groups attached to an aromatic ring is 1. The lowest BCUT2D eigenvalue weighted by Gasteiger charge is -2.26. The second-order valence-electron chi connectivity index (χ2n) is 4.63. The molecule has 0 bridgehead atoms. The normalized spacial score (nSPS) is 19.3. The highest BCUT2D eigenvalue weighted by Gasteiger charge is 2.25. The summed E-state index contributed by atoms with van der Waals surface area (Å²) in [6.07, 6.45) is 0.277. The van der Waals surface area contributed by atoms with Crippen molar-refractivity contribution < 1.29 is 4.79 Å². The summed E-state index contributed by atoms with van der Waals surface area (Å²) in [5.41, 5.74) is 14.1. The van der Waals surface area contributed by atoms with Crippen LogP contribution in [0.3, 0.4) is 0 Å². The van der Waals surface area contributed by atoms with Crippen LogP contribution in [0, 0.1) is 5.41 Å². The van der Waals surface area contributed by atoms with Crippen LogP contribution in [0.2, 0.25) is 0 Å². The summed E-state index contributed by atoms with van der Waals surface area (Å²) >= 11 is 0. The first-order valence-corrected chi connectivity index (χ1v) is 5.95. The second-order valence-corrected chi connectivity index (χ2v) is 4.63. The van der Waals surface area contributed by atoms with Gasteiger partial charge in [-0.1, -0.05) is 12.1 Å². The fourth-order valence-electron chi connectivity index (χ4n) is 2.04. The van der Waals surface area contributed by atoms with E-state index >= 15 is 0 Å². The number of nitrogens with one attached hydrogen (secondary N) is 1. The SMILES string of the molecule is CC(=N)c1ccc([C@@H]2CC(=O)N(C)C(N)=N2)cc1N. The molecule has 0 spiro atoms. The predicted octanol–water partition coefficient (Wildman–Crippen LogP) is 0.874. The van der Waals surface area contributed by atoms with Crippen molar-refractivity contribution in [3.8, 4) is 0 Å². The van der Waals surface area contributed by atoms with Crippen molar-refractivity contribution in [1.82, 2.24) is 4.90 Å². The minimum atomic E-state index is -0.300. The summed E-state index contributed by atoms with van der Waals surface area (Å²) in [6, 6.07) is 5.07. The molecular formula is C13H17N5O. The number of rotatable bonds is 2. The topological polar surface area (TPSA) is 109 Å². The second kappa shape index (κ2) is 4.72. The van der Waals surface area contributed by atoms with Gasteiger partial charge in [0.05, 0.1) is 12.5 Å². The van der Waals surface area contributed by atoms with Crippen molar-refractivity contribution in [1.29, 1.82) is 5.41 Å². The van der Waals surface area contributed by atoms with Gasteiger partial charge in [-0.3, -0.25) is 9.69 Å². The van der Waals surface area contributed by atoms with Crippen LogP contribution in [-0.2, 0) is 4.79 Å². The quantitative estimate of drug-likeness (QED) is 0.541. The molecule has 0 saturated carbocycles. The average molecular weight is 259 g/mol. The molecule has 0 radical (unpaired) electrons. The van der Waals surface area contributed by atoms with Crippen LogP contribution < -0.4 is 11.5 Å². The molecule has 1 heterocycles. The number of anilines is 1. The van der Waals surface area contributed by atoms with E-state index in [1.54, 1.807) is 26.1 Å². The molecule has 5 N–H and O–H groups in total. The zero-order valence-electron chi connectivity index (χ0n) is 11.0. The van der Waals surface area contributed by atoms with Gasteiger partial charge in [-0.25, -0.2) is 4.99 Å². The number of aliphatic imine (C=N–C) groups is 1. The molecule has 1 amide bonds. The number of guanidine groups is 1. The Morgan fingerprint density at radius 1 is 1.47 bits per heavy atom. The summed E-state index contributed by atoms with van der Waals surface area (Å²) in [7, 11) is 1.60. The third-order valence-electron chi connectivity index (χ3n) is 3.24. The van der Waals surface area contributed by atoms with Crippen LogP contribution in [-0.4, -0.2) is 29.5 Å². The van der Waals surface area contributed by atoms with E-state index in [0.717, 1.165) is 5.56 Å². The highest BCUT2D eigenvalue weighted by molar-refractivity contribution is 6.01. The van der Waals surface area contributed by atoms with E-state index in [-0.39, 0.29) is 24.3 Å². The molecule has 0 aliphatic carbocycles. The zero-order valence-corrected chi connectivity index (χ0v) is 11.0. The van der Waals surface area contributed by atoms with Crippen LogP contribution in [0.25, 0.3) is 0 Å². The van der Waals surface area contributed by atoms with E-state index in [0.29, 0.717) is 17.0 Å². The largest absolute Gasteiger partial charge is 0.398 e. The number of carbonyl (C=O) groups excluding carboxylic acids is 1. The van der Waals surface area contributed by atoms with E-state index in [1.807, 2.05) is 6.07 Å². The molecular weight excluding hydrogens is 242 g/mol. The van der Waals surface area contributed by atoms with Crippen molar-refractivity contribution in [2.75, 3.05) is 12.8 Å². The lowest BCUT2D eigenvalue weighted by molar-refractivity contribution is -0.127. The number of nitrogens with zero attached hydrogens (tertiary/aromatic N) is 2. The molecule has 1 atom stereocenters. The van der Waals surface area contributed by atoms with Gasteiger partial charge in [0.2, 0.25) is 5.91 Å². The summed E-state index contributed by atoms with van der Waals surface area (Å²) in [5.74, 6) is 0.149. The van der Waals surface area contributed by atoms with Gasteiger partial charge in [0.25, 0.3) is 0 Å². The predicted molar refractivity (Wildman–Crippen MR) is 75.1 cm³/mol. The Morgan fingerprint density at radius 2 is 2.16 bits per heavy atom. The molecule has 1 aromatic carbocycles. The molecule has 0 aromatic heterocycles. The fraction of sp³-hybridized carbons (Fsp3) is 0.308. The minimum absolute atomic E-state index is 0.0663. The molecule has 19 heavy (non-hydrogen) atoms. The van der Waals surface area contributed by atoms with Crippen LogP contribution >= 0.6 is 0 Å². The maximum atomic E-state index is 11.7. The summed E-state index contributed by atoms with van der Waals surface area (Å²) in [5, 5.41) is 7.59. The standard InChI is InChI=1S/C13H17N5O/c1-7(14)9-4-3-8(5-10(9)15)11-6-12(19)18(2)13(16)17-11/h3-5,11,14H,6,15H2,1-2H3,(H2,16,17)/t11-/m0/s1. The van der Waals surface area contributed by atoms with E-state index < -0.39 is 0 Å². The highest BCUT2D eigenvalue weighted by atomic mass is 16.2. The molecule has 100 valence electrons. The van der Waals surface area contributed by atoms with Crippen molar-refractivity contribution in [3.05, 3.63) is 29.3 Å². The van der Waals surface area contributed by atoms with Gasteiger partial charge in [-0.15, -0.1) is 0 Å². The van der Waals surface area contributed by atoms with Crippen molar-refractivity contribution in [2.24, 2.45) is 10.7 Å². The maximum Gasteiger partial charge on any atom is 0.231 e. The molecule has 0 fully saturated rings. The van der Waals surface area contributed by atoms with Crippen LogP contribution in [0.4, 0.5) is 5.69 Å². The average Bonchev–Trinajstić information content (AvgIpc) is 2.34. The third-order valence-corrected chi connectivity index (χ3v) is 3.24. The Balaban J connectivity index is 2.36. The van der Waals surface area contributed by atoms with Crippen LogP contribution in [0.15, 0.2) is 23.2 Å². The van der Waals surface area contributed by atoms with Crippen molar-refractivity contribution >= 4 is 23.3 Å². The summed E-state index contributed by atoms with van der Waals surface area (Å²) in [6.45, 7) is 1.68. The Labute approximate surface area is 111 Å². The number of amides is 1. The molecule has 1 aliphatic heterocycles. The Bertz CT molecular complexity index is 578. The third kappa shape index (κ3) is 2.42. The summed E-state index contributed by atoms with van der Waals surface area (Å²) < 4.78 is 0. The molecule has 0 unspecified atom stereocenters. The monoisotopic (exact) mass is 259 g/mol. The number of hydrogen-bond donors (Lipinski definition) is 3. The molecule has 2 rings (SSSR count). The Hall–Kier alpha value is -2.37. The van der Waals surface area contributed by atoms with Gasteiger partial charge in [0.1, 0.15) is 0 Å². The Morgan fingerprint density at radius 3 is 2.68 bits per heavy atom. The highest BCUT2D eigenvalue weighted by Crippen LogP contribution is 2.28. The van der Waals surface area contributed by atoms with E-state index in [4.69, 9.17) is 16.9 Å². The van der Waals surface area contributed by atoms with Gasteiger partial charge in [0.15, 0.2) is 5.96 Å². The minimum Gasteiger partial charge on any atom is -0.398 e. The van der Waals surface area contributed by atoms with Gasteiger partial charge in [-0.05, 0) is 18.6 Å². The number of benzene rings is 1. The van der Waals surface area contributed by atoms with E-state index in [1.165, 1.54) is 4.90 Å². The number of hydrogen-bond acceptors (Lipinski definition) is 5. The number of nitrogens with two attached hydrogens (primary N) is 2. The van der Waals surface area contributed by atoms with Crippen molar-refractivity contribution in [2.45, 2.75) is 19.4 Å². The van der Waals surface area contributed by atoms with Crippen LogP contribution in [0.5, 0.6) is 0 Å². The number of carbonyl (C=O) groups is 1. The molecule has 1 aliphatic rings. The van der Waals surface area contributed by atoms with E-state index in [9.17, 15) is 4.79 Å². The first-order chi connectivity index (χ1) is 8.90. The molecule has 0 saturated heterocycles. The fourth-order valence-corrected chi connectivity index (χ4v) is 2.04. The van der Waals surface area contributed by atoms with Gasteiger partial charge < -0.3 is 16.9 Å². The Kier molecular flexibility index (Phi) is 3.25. The zero-order chi connectivity index (χ0) is 14.2. The van der Waals surface area contributed by atoms with Crippen molar-refractivity contribution in [3.63, 3.8) is 0 Å². The lowest BCUT2D eigenvalue weighted by Crippen LogP contribution is -2.42. The molecule has 1 aromatic rings. The molecule has 6 nitrogen and oxygen atoms in total. The summed E-state index contributed by atoms with van der Waals surface area (Å²) in [4.78, 5) is 17.4. The van der Waals surface area contributed by atoms with Crippen LogP contribution in [0.1, 0.15) is 30.5 Å². The van der Waals surface area contributed by atoms with Gasteiger partial charge in [-0.2, -0.15) is 0 Å². The van der Waals surface area contributed by atoms with Gasteiger partial charge in [0, 0.05) is 24.0 Å². The van der Waals surface area contributed by atoms with Gasteiger partial charge >= 0.3 is 0 Å². The maximum absolute atomic E-state index is 11.7. The first-order valence-electron chi connectivity index (χ1n) is 5.95. The lowest BCUT2D eigenvalue weighted by atomic mass is 9.98. The first kappa shape index (κ1) is 13.1. The molecule has 6 heteroatoms.